The Morgan fingerprint density at radius 3 is 2.16 bits per heavy atom. The highest BCUT2D eigenvalue weighted by atomic mass is 16.1. The molecule has 3 rings (SSSR count). The van der Waals surface area contributed by atoms with Gasteiger partial charge in [-0.1, -0.05) is 42.8 Å². The molecule has 4 nitrogen and oxygen atoms in total. The first-order valence-corrected chi connectivity index (χ1v) is 9.10. The van der Waals surface area contributed by atoms with E-state index in [1.165, 1.54) is 37.9 Å². The van der Waals surface area contributed by atoms with Crippen molar-refractivity contribution in [3.05, 3.63) is 65.2 Å². The lowest BCUT2D eigenvalue weighted by atomic mass is 10.1. The van der Waals surface area contributed by atoms with Crippen LogP contribution in [0.2, 0.25) is 0 Å². The highest BCUT2D eigenvalue weighted by Gasteiger charge is 2.10. The lowest BCUT2D eigenvalue weighted by molar-refractivity contribution is -0.120. The van der Waals surface area contributed by atoms with E-state index in [1.54, 1.807) is 0 Å². The van der Waals surface area contributed by atoms with Crippen LogP contribution < -0.4 is 11.1 Å². The minimum absolute atomic E-state index is 0.0298. The summed E-state index contributed by atoms with van der Waals surface area (Å²) in [5.41, 5.74) is 9.83. The summed E-state index contributed by atoms with van der Waals surface area (Å²) < 4.78 is 0. The van der Waals surface area contributed by atoms with E-state index in [2.05, 4.69) is 34.5 Å². The van der Waals surface area contributed by atoms with E-state index in [4.69, 9.17) is 5.73 Å². The second kappa shape index (κ2) is 8.67. The quantitative estimate of drug-likeness (QED) is 0.796. The summed E-state index contributed by atoms with van der Waals surface area (Å²) in [7, 11) is 0. The van der Waals surface area contributed by atoms with Gasteiger partial charge in [0.2, 0.25) is 5.91 Å². The Balaban J connectivity index is 1.44. The van der Waals surface area contributed by atoms with Gasteiger partial charge in [-0.25, -0.2) is 0 Å². The fraction of sp³-hybridized carbons (Fsp3) is 0.381. The van der Waals surface area contributed by atoms with Crippen molar-refractivity contribution < 1.29 is 4.79 Å². The van der Waals surface area contributed by atoms with Gasteiger partial charge in [0, 0.05) is 18.8 Å². The third-order valence-electron chi connectivity index (χ3n) is 4.71. The summed E-state index contributed by atoms with van der Waals surface area (Å²) in [4.78, 5) is 14.6. The maximum atomic E-state index is 12.1. The number of hydrogen-bond acceptors (Lipinski definition) is 3. The predicted octanol–water partition coefficient (Wildman–Crippen LogP) is 3.11. The van der Waals surface area contributed by atoms with Crippen molar-refractivity contribution in [2.45, 2.75) is 38.8 Å². The highest BCUT2D eigenvalue weighted by Crippen LogP contribution is 2.13. The number of carbonyl (C=O) groups is 1. The first kappa shape index (κ1) is 17.5. The third kappa shape index (κ3) is 5.61. The first-order chi connectivity index (χ1) is 12.2. The van der Waals surface area contributed by atoms with Crippen LogP contribution in [0.4, 0.5) is 5.69 Å². The SMILES string of the molecule is Nc1ccc(CC(=O)NCc2ccc(CN3CCCCC3)cc2)cc1. The van der Waals surface area contributed by atoms with E-state index < -0.39 is 0 Å². The number of nitrogens with zero attached hydrogens (tertiary/aromatic N) is 1. The second-order valence-corrected chi connectivity index (χ2v) is 6.85. The number of rotatable bonds is 6. The normalized spacial score (nSPS) is 15.0. The number of hydrogen-bond donors (Lipinski definition) is 2. The minimum Gasteiger partial charge on any atom is -0.399 e. The van der Waals surface area contributed by atoms with Gasteiger partial charge in [0.25, 0.3) is 0 Å². The second-order valence-electron chi connectivity index (χ2n) is 6.85. The van der Waals surface area contributed by atoms with Crippen LogP contribution in [-0.2, 0) is 24.3 Å². The molecule has 1 heterocycles. The molecule has 0 aliphatic carbocycles. The molecule has 0 radical (unpaired) electrons. The minimum atomic E-state index is 0.0298. The molecule has 2 aromatic rings. The summed E-state index contributed by atoms with van der Waals surface area (Å²) in [6.07, 6.45) is 4.38. The number of likely N-dealkylation sites (tertiary alicyclic amines) is 1. The molecule has 0 atom stereocenters. The molecule has 132 valence electrons. The van der Waals surface area contributed by atoms with Gasteiger partial charge in [-0.3, -0.25) is 9.69 Å². The maximum Gasteiger partial charge on any atom is 0.224 e. The highest BCUT2D eigenvalue weighted by molar-refractivity contribution is 5.78. The largest absolute Gasteiger partial charge is 0.399 e. The average molecular weight is 337 g/mol. The Bertz CT molecular complexity index is 673. The van der Waals surface area contributed by atoms with Gasteiger partial charge in [0.1, 0.15) is 0 Å². The standard InChI is InChI=1S/C21H27N3O/c22-20-10-8-17(9-11-20)14-21(25)23-15-18-4-6-19(7-5-18)16-24-12-2-1-3-13-24/h4-11H,1-3,12-16,22H2,(H,23,25). The van der Waals surface area contributed by atoms with E-state index in [0.29, 0.717) is 18.7 Å². The van der Waals surface area contributed by atoms with Crippen LogP contribution in [0.1, 0.15) is 36.0 Å². The number of nitrogen functional groups attached to an aromatic ring is 1. The molecule has 3 N–H and O–H groups in total. The van der Waals surface area contributed by atoms with E-state index in [-0.39, 0.29) is 5.91 Å². The monoisotopic (exact) mass is 337 g/mol. The number of piperidine rings is 1. The molecule has 4 heteroatoms. The number of amides is 1. The Labute approximate surface area is 150 Å². The number of anilines is 1. The van der Waals surface area contributed by atoms with Gasteiger partial charge in [0.05, 0.1) is 6.42 Å². The first-order valence-electron chi connectivity index (χ1n) is 9.10. The Hall–Kier alpha value is -2.33. The zero-order valence-electron chi connectivity index (χ0n) is 14.7. The van der Waals surface area contributed by atoms with E-state index >= 15 is 0 Å². The summed E-state index contributed by atoms with van der Waals surface area (Å²) in [6, 6.07) is 16.0. The predicted molar refractivity (Wildman–Crippen MR) is 102 cm³/mol. The lowest BCUT2D eigenvalue weighted by Crippen LogP contribution is -2.29. The fourth-order valence-electron chi connectivity index (χ4n) is 3.22. The molecule has 0 saturated carbocycles. The van der Waals surface area contributed by atoms with Crippen molar-refractivity contribution in [2.24, 2.45) is 0 Å². The van der Waals surface area contributed by atoms with E-state index in [1.807, 2.05) is 24.3 Å². The maximum absolute atomic E-state index is 12.1. The molecule has 0 spiro atoms. The van der Waals surface area contributed by atoms with Crippen molar-refractivity contribution in [3.8, 4) is 0 Å². The lowest BCUT2D eigenvalue weighted by Gasteiger charge is -2.26. The van der Waals surface area contributed by atoms with Crippen molar-refractivity contribution >= 4 is 11.6 Å². The van der Waals surface area contributed by atoms with Crippen molar-refractivity contribution in [1.82, 2.24) is 10.2 Å². The van der Waals surface area contributed by atoms with Gasteiger partial charge < -0.3 is 11.1 Å². The van der Waals surface area contributed by atoms with Crippen LogP contribution >= 0.6 is 0 Å². The molecule has 1 aliphatic rings. The number of nitrogens with one attached hydrogen (secondary N) is 1. The number of benzene rings is 2. The zero-order chi connectivity index (χ0) is 17.5. The van der Waals surface area contributed by atoms with Gasteiger partial charge in [-0.2, -0.15) is 0 Å². The molecule has 2 aromatic carbocycles. The van der Waals surface area contributed by atoms with Gasteiger partial charge in [-0.05, 0) is 54.8 Å². The summed E-state index contributed by atoms with van der Waals surface area (Å²) in [5, 5.41) is 2.98. The molecular weight excluding hydrogens is 310 g/mol. The van der Waals surface area contributed by atoms with Crippen LogP contribution in [0.3, 0.4) is 0 Å². The van der Waals surface area contributed by atoms with Crippen molar-refractivity contribution in [3.63, 3.8) is 0 Å². The van der Waals surface area contributed by atoms with Crippen LogP contribution in [0.25, 0.3) is 0 Å². The molecule has 25 heavy (non-hydrogen) atoms. The molecule has 1 amide bonds. The molecule has 0 bridgehead atoms. The zero-order valence-corrected chi connectivity index (χ0v) is 14.7. The van der Waals surface area contributed by atoms with Crippen LogP contribution in [0.5, 0.6) is 0 Å². The van der Waals surface area contributed by atoms with Crippen LogP contribution in [0.15, 0.2) is 48.5 Å². The van der Waals surface area contributed by atoms with Gasteiger partial charge in [0.15, 0.2) is 0 Å². The molecule has 1 aliphatic heterocycles. The average Bonchev–Trinajstić information content (AvgIpc) is 2.64. The van der Waals surface area contributed by atoms with E-state index in [0.717, 1.165) is 17.7 Å². The topological polar surface area (TPSA) is 58.4 Å². The Morgan fingerprint density at radius 2 is 1.48 bits per heavy atom. The molecule has 1 saturated heterocycles. The third-order valence-corrected chi connectivity index (χ3v) is 4.71. The van der Waals surface area contributed by atoms with Gasteiger partial charge in [-0.15, -0.1) is 0 Å². The smallest absolute Gasteiger partial charge is 0.224 e. The summed E-state index contributed by atoms with van der Waals surface area (Å²) in [5.74, 6) is 0.0298. The molecular formula is C21H27N3O. The fourth-order valence-corrected chi connectivity index (χ4v) is 3.22. The van der Waals surface area contributed by atoms with Crippen LogP contribution in [0, 0.1) is 0 Å². The molecule has 0 aromatic heterocycles. The Morgan fingerprint density at radius 1 is 0.880 bits per heavy atom. The van der Waals surface area contributed by atoms with Crippen molar-refractivity contribution in [2.75, 3.05) is 18.8 Å². The molecule has 0 unspecified atom stereocenters. The summed E-state index contributed by atoms with van der Waals surface area (Å²) >= 11 is 0. The van der Waals surface area contributed by atoms with Crippen molar-refractivity contribution in [1.29, 1.82) is 0 Å². The van der Waals surface area contributed by atoms with Gasteiger partial charge >= 0.3 is 0 Å². The van der Waals surface area contributed by atoms with E-state index in [9.17, 15) is 4.79 Å². The molecule has 1 fully saturated rings. The van der Waals surface area contributed by atoms with Crippen LogP contribution in [-0.4, -0.2) is 23.9 Å². The number of nitrogens with two attached hydrogens (primary N) is 1. The number of carbonyl (C=O) groups excluding carboxylic acids is 1. The Kier molecular flexibility index (Phi) is 6.07. The summed E-state index contributed by atoms with van der Waals surface area (Å²) in [6.45, 7) is 4.02.